The van der Waals surface area contributed by atoms with Crippen molar-refractivity contribution in [3.8, 4) is 0 Å². The maximum absolute atomic E-state index is 12.9. The number of nitrogens with one attached hydrogen (secondary N) is 1. The van der Waals surface area contributed by atoms with E-state index in [2.05, 4.69) is 55.6 Å². The first-order valence-corrected chi connectivity index (χ1v) is 25.5. The first-order valence-electron chi connectivity index (χ1n) is 24.0. The van der Waals surface area contributed by atoms with E-state index in [1.165, 1.54) is 135 Å². The molecule has 0 rings (SSSR count). The lowest BCUT2D eigenvalue weighted by molar-refractivity contribution is -0.870. The van der Waals surface area contributed by atoms with Crippen LogP contribution in [0.15, 0.2) is 48.6 Å². The molecule has 0 fully saturated rings. The summed E-state index contributed by atoms with van der Waals surface area (Å²) in [5, 5.41) is 13.7. The summed E-state index contributed by atoms with van der Waals surface area (Å²) in [4.78, 5) is 25.3. The molecule has 1 amide bonds. The van der Waals surface area contributed by atoms with Gasteiger partial charge >= 0.3 is 0 Å². The Balaban J connectivity index is 4.20. The van der Waals surface area contributed by atoms with Gasteiger partial charge in [-0.25, -0.2) is 0 Å². The number of aliphatic hydroxyl groups is 1. The molecule has 340 valence electrons. The molecule has 0 spiro atoms. The number of hydrogen-bond acceptors (Lipinski definition) is 6. The van der Waals surface area contributed by atoms with Crippen LogP contribution in [0, 0.1) is 0 Å². The Bertz CT molecular complexity index is 1090. The number of amides is 1. The Hall–Kier alpha value is -1.54. The number of rotatable bonds is 43. The second kappa shape index (κ2) is 40.8. The number of phosphoric acid groups is 1. The summed E-state index contributed by atoms with van der Waals surface area (Å²) < 4.78 is 23.2. The van der Waals surface area contributed by atoms with Crippen molar-refractivity contribution >= 4 is 13.7 Å². The minimum atomic E-state index is -4.60. The normalized spacial score (nSPS) is 14.7. The molecule has 0 aliphatic heterocycles. The third-order valence-corrected chi connectivity index (χ3v) is 11.4. The molecule has 0 heterocycles. The van der Waals surface area contributed by atoms with Crippen LogP contribution in [-0.4, -0.2) is 68.5 Å². The number of carbonyl (C=O) groups excluding carboxylic acids is 1. The van der Waals surface area contributed by atoms with E-state index in [-0.39, 0.29) is 12.5 Å². The SMILES string of the molecule is CCC/C=C/CC/C=C/CC/C=C/C(O)C(COP(=O)([O-])OCC[N+](C)(C)C)NC(=O)CCCCCCCCCCCCCCC/C=C\CCCCCCCCCC. The maximum Gasteiger partial charge on any atom is 0.268 e. The molecule has 3 unspecified atom stereocenters. The fraction of sp³-hybridized carbons (Fsp3) is 0.816. The van der Waals surface area contributed by atoms with E-state index in [0.717, 1.165) is 51.4 Å². The highest BCUT2D eigenvalue weighted by atomic mass is 31.2. The molecule has 0 radical (unpaired) electrons. The molecule has 8 nitrogen and oxygen atoms in total. The van der Waals surface area contributed by atoms with Crippen molar-refractivity contribution in [2.45, 2.75) is 219 Å². The lowest BCUT2D eigenvalue weighted by Crippen LogP contribution is -2.45. The van der Waals surface area contributed by atoms with Gasteiger partial charge in [-0.1, -0.05) is 184 Å². The molecular weight excluding hydrogens is 744 g/mol. The van der Waals surface area contributed by atoms with Crippen molar-refractivity contribution in [3.05, 3.63) is 48.6 Å². The summed E-state index contributed by atoms with van der Waals surface area (Å²) in [5.74, 6) is -0.214. The van der Waals surface area contributed by atoms with Gasteiger partial charge in [0.05, 0.1) is 39.9 Å². The molecule has 0 aliphatic rings. The van der Waals surface area contributed by atoms with Gasteiger partial charge in [0.15, 0.2) is 0 Å². The number of carbonyl (C=O) groups is 1. The Kier molecular flexibility index (Phi) is 39.8. The maximum atomic E-state index is 12.9. The average molecular weight is 837 g/mol. The summed E-state index contributed by atoms with van der Waals surface area (Å²) in [6.07, 6.45) is 51.8. The topological polar surface area (TPSA) is 108 Å². The van der Waals surface area contributed by atoms with Crippen LogP contribution in [0.2, 0.25) is 0 Å². The van der Waals surface area contributed by atoms with E-state index in [9.17, 15) is 19.4 Å². The molecule has 0 aromatic heterocycles. The lowest BCUT2D eigenvalue weighted by Gasteiger charge is -2.29. The lowest BCUT2D eigenvalue weighted by atomic mass is 10.0. The zero-order valence-electron chi connectivity index (χ0n) is 38.5. The fourth-order valence-corrected chi connectivity index (χ4v) is 7.38. The predicted octanol–water partition coefficient (Wildman–Crippen LogP) is 13.0. The number of quaternary nitrogens is 1. The average Bonchev–Trinajstić information content (AvgIpc) is 3.17. The van der Waals surface area contributed by atoms with E-state index in [1.807, 2.05) is 27.2 Å². The van der Waals surface area contributed by atoms with E-state index in [4.69, 9.17) is 9.05 Å². The second-order valence-electron chi connectivity index (χ2n) is 17.4. The Morgan fingerprint density at radius 2 is 1.00 bits per heavy atom. The van der Waals surface area contributed by atoms with Gasteiger partial charge in [-0.2, -0.15) is 0 Å². The number of aliphatic hydroxyl groups excluding tert-OH is 1. The molecule has 2 N–H and O–H groups in total. The number of unbranched alkanes of at least 4 members (excludes halogenated alkanes) is 24. The van der Waals surface area contributed by atoms with Crippen molar-refractivity contribution in [2.75, 3.05) is 40.9 Å². The van der Waals surface area contributed by atoms with Crippen LogP contribution >= 0.6 is 7.82 Å². The highest BCUT2D eigenvalue weighted by Gasteiger charge is 2.23. The first kappa shape index (κ1) is 56.5. The molecule has 0 saturated carbocycles. The minimum absolute atomic E-state index is 0.00971. The third-order valence-electron chi connectivity index (χ3n) is 10.5. The summed E-state index contributed by atoms with van der Waals surface area (Å²) in [6, 6.07) is -0.908. The quantitative estimate of drug-likeness (QED) is 0.0274. The second-order valence-corrected chi connectivity index (χ2v) is 18.8. The molecule has 0 aliphatic carbocycles. The number of hydrogen-bond donors (Lipinski definition) is 2. The van der Waals surface area contributed by atoms with E-state index in [0.29, 0.717) is 17.4 Å². The van der Waals surface area contributed by atoms with Crippen LogP contribution in [0.4, 0.5) is 0 Å². The van der Waals surface area contributed by atoms with Gasteiger partial charge in [-0.15, -0.1) is 0 Å². The van der Waals surface area contributed by atoms with Crippen molar-refractivity contribution in [1.29, 1.82) is 0 Å². The highest BCUT2D eigenvalue weighted by Crippen LogP contribution is 2.38. The molecule has 0 aromatic rings. The monoisotopic (exact) mass is 837 g/mol. The molecule has 0 bridgehead atoms. The molecule has 0 aromatic carbocycles. The first-order chi connectivity index (χ1) is 28.0. The Labute approximate surface area is 359 Å². The van der Waals surface area contributed by atoms with Crippen LogP contribution in [0.25, 0.3) is 0 Å². The fourth-order valence-electron chi connectivity index (χ4n) is 6.66. The van der Waals surface area contributed by atoms with Crippen molar-refractivity contribution in [2.24, 2.45) is 0 Å². The molecule has 0 saturated heterocycles. The summed E-state index contributed by atoms with van der Waals surface area (Å²) >= 11 is 0. The van der Waals surface area contributed by atoms with Gasteiger partial charge in [0.1, 0.15) is 13.2 Å². The van der Waals surface area contributed by atoms with Crippen LogP contribution in [0.5, 0.6) is 0 Å². The van der Waals surface area contributed by atoms with E-state index in [1.54, 1.807) is 6.08 Å². The summed E-state index contributed by atoms with van der Waals surface area (Å²) in [6.45, 7) is 4.54. The largest absolute Gasteiger partial charge is 0.756 e. The van der Waals surface area contributed by atoms with Crippen molar-refractivity contribution < 1.29 is 32.9 Å². The highest BCUT2D eigenvalue weighted by molar-refractivity contribution is 7.45. The standard InChI is InChI=1S/C49H93N2O6P/c1-6-8-10-12-14-16-18-19-20-21-22-23-24-25-26-27-28-29-30-31-33-35-37-39-41-43-49(53)50-47(46-57-58(54,55)56-45-44-51(3,4)5)48(52)42-40-38-36-34-32-17-15-13-11-9-7-2/h11,13,21-22,32,34,40,42,47-48,52H,6-10,12,14-20,23-31,33,35-39,41,43-46H2,1-5H3,(H-,50,53,54,55)/b13-11+,22-21-,34-32+,42-40+. The zero-order chi connectivity index (χ0) is 42.8. The number of likely N-dealkylation sites (N-methyl/N-ethyl adjacent to an activating group) is 1. The van der Waals surface area contributed by atoms with E-state index >= 15 is 0 Å². The Morgan fingerprint density at radius 1 is 0.586 bits per heavy atom. The summed E-state index contributed by atoms with van der Waals surface area (Å²) in [7, 11) is 1.23. The van der Waals surface area contributed by atoms with Crippen molar-refractivity contribution in [1.82, 2.24) is 5.32 Å². The molecule has 9 heteroatoms. The zero-order valence-corrected chi connectivity index (χ0v) is 39.4. The molecule has 3 atom stereocenters. The van der Waals surface area contributed by atoms with Crippen LogP contribution in [-0.2, 0) is 18.4 Å². The Morgan fingerprint density at radius 3 is 1.47 bits per heavy atom. The van der Waals surface area contributed by atoms with E-state index < -0.39 is 26.6 Å². The smallest absolute Gasteiger partial charge is 0.268 e. The summed E-state index contributed by atoms with van der Waals surface area (Å²) in [5.41, 5.74) is 0. The van der Waals surface area contributed by atoms with Gasteiger partial charge in [0.2, 0.25) is 5.91 Å². The van der Waals surface area contributed by atoms with Gasteiger partial charge in [-0.05, 0) is 64.2 Å². The predicted molar refractivity (Wildman–Crippen MR) is 247 cm³/mol. The molecular formula is C49H93N2O6P. The molecule has 58 heavy (non-hydrogen) atoms. The number of allylic oxidation sites excluding steroid dienone is 7. The minimum Gasteiger partial charge on any atom is -0.756 e. The number of nitrogens with zero attached hydrogens (tertiary/aromatic N) is 1. The van der Waals surface area contributed by atoms with Gasteiger partial charge in [0.25, 0.3) is 7.82 Å². The van der Waals surface area contributed by atoms with Crippen LogP contribution in [0.1, 0.15) is 206 Å². The van der Waals surface area contributed by atoms with Crippen LogP contribution in [0.3, 0.4) is 0 Å². The van der Waals surface area contributed by atoms with Gasteiger partial charge in [-0.3, -0.25) is 9.36 Å². The van der Waals surface area contributed by atoms with Gasteiger partial charge < -0.3 is 28.8 Å². The van der Waals surface area contributed by atoms with Crippen LogP contribution < -0.4 is 10.2 Å². The van der Waals surface area contributed by atoms with Gasteiger partial charge in [0, 0.05) is 6.42 Å². The van der Waals surface area contributed by atoms with Crippen molar-refractivity contribution in [3.63, 3.8) is 0 Å². The third kappa shape index (κ3) is 42.6. The number of phosphoric ester groups is 1.